The van der Waals surface area contributed by atoms with Gasteiger partial charge in [0.1, 0.15) is 18.1 Å². The molecule has 0 saturated heterocycles. The van der Waals surface area contributed by atoms with Crippen LogP contribution in [0.4, 0.5) is 0 Å². The Labute approximate surface area is 172 Å². The molecule has 0 fully saturated rings. The molecule has 0 saturated carbocycles. The molecule has 0 spiro atoms. The van der Waals surface area contributed by atoms with Gasteiger partial charge in [-0.25, -0.2) is 4.79 Å². The second-order valence-electron chi connectivity index (χ2n) is 7.43. The summed E-state index contributed by atoms with van der Waals surface area (Å²) in [6, 6.07) is -3.73. The van der Waals surface area contributed by atoms with Crippen molar-refractivity contribution in [3.8, 4) is 0 Å². The van der Waals surface area contributed by atoms with E-state index >= 15 is 0 Å². The van der Waals surface area contributed by atoms with Gasteiger partial charge < -0.3 is 26.8 Å². The van der Waals surface area contributed by atoms with Crippen LogP contribution in [-0.2, 0) is 19.2 Å². The van der Waals surface area contributed by atoms with Gasteiger partial charge in [0.25, 0.3) is 0 Å². The topological polar surface area (TPSA) is 151 Å². The summed E-state index contributed by atoms with van der Waals surface area (Å²) >= 11 is 3.93. The monoisotopic (exact) mass is 418 g/mol. The molecule has 0 unspecified atom stereocenters. The molecule has 3 amide bonds. The van der Waals surface area contributed by atoms with Crippen LogP contribution < -0.4 is 21.7 Å². The van der Waals surface area contributed by atoms with Gasteiger partial charge in [-0.2, -0.15) is 12.6 Å². The molecule has 0 rings (SSSR count). The number of carbonyl (C=O) groups excluding carboxylic acids is 3. The van der Waals surface area contributed by atoms with Crippen LogP contribution in [0.15, 0.2) is 0 Å². The van der Waals surface area contributed by atoms with E-state index < -0.39 is 47.9 Å². The second-order valence-corrected chi connectivity index (χ2v) is 7.80. The maximum absolute atomic E-state index is 12.8. The number of carboxylic acid groups (broad SMARTS) is 1. The smallest absolute Gasteiger partial charge is 0.327 e. The molecule has 10 heteroatoms. The van der Waals surface area contributed by atoms with Crippen molar-refractivity contribution in [3.05, 3.63) is 0 Å². The Morgan fingerprint density at radius 2 is 1.46 bits per heavy atom. The van der Waals surface area contributed by atoms with E-state index in [1.165, 1.54) is 6.92 Å². The summed E-state index contributed by atoms with van der Waals surface area (Å²) in [5, 5.41) is 16.8. The van der Waals surface area contributed by atoms with E-state index in [1.54, 1.807) is 6.92 Å². The van der Waals surface area contributed by atoms with Crippen molar-refractivity contribution in [1.29, 1.82) is 0 Å². The van der Waals surface area contributed by atoms with Crippen LogP contribution >= 0.6 is 12.6 Å². The average Bonchev–Trinajstić information content (AvgIpc) is 2.61. The predicted molar refractivity (Wildman–Crippen MR) is 110 cm³/mol. The average molecular weight is 419 g/mol. The third kappa shape index (κ3) is 8.92. The molecule has 0 radical (unpaired) electrons. The van der Waals surface area contributed by atoms with Gasteiger partial charge in [0, 0.05) is 5.75 Å². The molecule has 9 nitrogen and oxygen atoms in total. The predicted octanol–water partition coefficient (Wildman–Crippen LogP) is -0.105. The number of rotatable bonds is 12. The Hall–Kier alpha value is -1.81. The summed E-state index contributed by atoms with van der Waals surface area (Å²) in [5.41, 5.74) is 5.56. The summed E-state index contributed by atoms with van der Waals surface area (Å²) in [5.74, 6) is -3.01. The highest BCUT2D eigenvalue weighted by molar-refractivity contribution is 7.80. The van der Waals surface area contributed by atoms with Crippen LogP contribution in [0, 0.1) is 11.8 Å². The molecule has 0 aromatic carbocycles. The minimum Gasteiger partial charge on any atom is -0.480 e. The van der Waals surface area contributed by atoms with E-state index in [9.17, 15) is 19.2 Å². The van der Waals surface area contributed by atoms with Gasteiger partial charge in [-0.15, -0.1) is 0 Å². The van der Waals surface area contributed by atoms with E-state index in [0.717, 1.165) is 0 Å². The number of nitrogens with two attached hydrogens (primary N) is 1. The number of carbonyl (C=O) groups is 4. The molecular formula is C18H34N4O5S. The standard InChI is InChI=1S/C18H34N4O5S/c1-6-10(4)14(17(25)21-13(8-28)18(26)27)22-16(24)12(7-9(2)3)20-15(23)11(5)19/h9-14,28H,6-8,19H2,1-5H3,(H,20,23)(H,21,25)(H,22,24)(H,26,27)/t10-,11-,12-,13-,14-/m0/s1. The van der Waals surface area contributed by atoms with Gasteiger partial charge in [-0.05, 0) is 25.2 Å². The molecule has 0 aliphatic carbocycles. The van der Waals surface area contributed by atoms with Crippen LogP contribution in [0.5, 0.6) is 0 Å². The molecule has 0 aliphatic heterocycles. The van der Waals surface area contributed by atoms with Crippen LogP contribution in [0.2, 0.25) is 0 Å². The van der Waals surface area contributed by atoms with Crippen molar-refractivity contribution in [2.45, 2.75) is 71.6 Å². The van der Waals surface area contributed by atoms with Crippen molar-refractivity contribution >= 4 is 36.3 Å². The minimum atomic E-state index is -1.21. The lowest BCUT2D eigenvalue weighted by Crippen LogP contribution is -2.58. The first-order valence-electron chi connectivity index (χ1n) is 9.44. The fourth-order valence-electron chi connectivity index (χ4n) is 2.41. The third-order valence-corrected chi connectivity index (χ3v) is 4.71. The van der Waals surface area contributed by atoms with Gasteiger partial charge in [-0.1, -0.05) is 34.1 Å². The highest BCUT2D eigenvalue weighted by Crippen LogP contribution is 2.11. The molecule has 28 heavy (non-hydrogen) atoms. The molecule has 0 aliphatic rings. The minimum absolute atomic E-state index is 0.0807. The molecule has 5 atom stereocenters. The molecule has 0 heterocycles. The van der Waals surface area contributed by atoms with Crippen molar-refractivity contribution < 1.29 is 24.3 Å². The fraction of sp³-hybridized carbons (Fsp3) is 0.778. The molecule has 0 bridgehead atoms. The lowest BCUT2D eigenvalue weighted by atomic mass is 9.96. The Balaban J connectivity index is 5.40. The zero-order chi connectivity index (χ0) is 22.0. The number of aliphatic carboxylic acids is 1. The third-order valence-electron chi connectivity index (χ3n) is 4.34. The summed E-state index contributed by atoms with van der Waals surface area (Å²) in [4.78, 5) is 48.5. The quantitative estimate of drug-likeness (QED) is 0.244. The number of amides is 3. The first-order chi connectivity index (χ1) is 12.9. The van der Waals surface area contributed by atoms with Crippen molar-refractivity contribution in [2.75, 3.05) is 5.75 Å². The summed E-state index contributed by atoms with van der Waals surface area (Å²) in [6.07, 6.45) is 0.950. The van der Waals surface area contributed by atoms with E-state index in [0.29, 0.717) is 12.8 Å². The van der Waals surface area contributed by atoms with Gasteiger partial charge >= 0.3 is 5.97 Å². The van der Waals surface area contributed by atoms with Crippen molar-refractivity contribution in [2.24, 2.45) is 17.6 Å². The van der Waals surface area contributed by atoms with Crippen LogP contribution in [0.25, 0.3) is 0 Å². The molecule has 6 N–H and O–H groups in total. The largest absolute Gasteiger partial charge is 0.480 e. The van der Waals surface area contributed by atoms with E-state index in [1.807, 2.05) is 20.8 Å². The number of hydrogen-bond acceptors (Lipinski definition) is 6. The van der Waals surface area contributed by atoms with Gasteiger partial charge in [0.05, 0.1) is 6.04 Å². The zero-order valence-corrected chi connectivity index (χ0v) is 18.1. The molecule has 0 aromatic heterocycles. The Bertz CT molecular complexity index is 556. The maximum Gasteiger partial charge on any atom is 0.327 e. The number of hydrogen-bond donors (Lipinski definition) is 6. The molecular weight excluding hydrogens is 384 g/mol. The molecule has 0 aromatic rings. The lowest BCUT2D eigenvalue weighted by molar-refractivity contribution is -0.142. The van der Waals surface area contributed by atoms with Crippen molar-refractivity contribution in [1.82, 2.24) is 16.0 Å². The number of nitrogens with one attached hydrogen (secondary N) is 3. The number of thiol groups is 1. The number of carboxylic acids is 1. The Kier molecular flexibility index (Phi) is 11.8. The maximum atomic E-state index is 12.8. The summed E-state index contributed by atoms with van der Waals surface area (Å²) in [6.45, 7) is 8.95. The zero-order valence-electron chi connectivity index (χ0n) is 17.2. The van der Waals surface area contributed by atoms with Crippen LogP contribution in [0.1, 0.15) is 47.5 Å². The summed E-state index contributed by atoms with van der Waals surface area (Å²) in [7, 11) is 0. The highest BCUT2D eigenvalue weighted by Gasteiger charge is 2.32. The lowest BCUT2D eigenvalue weighted by Gasteiger charge is -2.28. The first kappa shape index (κ1) is 26.2. The van der Waals surface area contributed by atoms with Crippen LogP contribution in [-0.4, -0.2) is 58.7 Å². The molecule has 162 valence electrons. The fourth-order valence-corrected chi connectivity index (χ4v) is 2.66. The van der Waals surface area contributed by atoms with Gasteiger partial charge in [0.15, 0.2) is 0 Å². The van der Waals surface area contributed by atoms with E-state index in [-0.39, 0.29) is 17.6 Å². The van der Waals surface area contributed by atoms with Crippen LogP contribution in [0.3, 0.4) is 0 Å². The Morgan fingerprint density at radius 1 is 0.929 bits per heavy atom. The first-order valence-corrected chi connectivity index (χ1v) is 10.1. The van der Waals surface area contributed by atoms with Crippen molar-refractivity contribution in [3.63, 3.8) is 0 Å². The summed E-state index contributed by atoms with van der Waals surface area (Å²) < 4.78 is 0. The SMILES string of the molecule is CC[C@H](C)[C@H](NC(=O)[C@H](CC(C)C)NC(=O)[C@H](C)N)C(=O)N[C@@H](CS)C(=O)O. The van der Waals surface area contributed by atoms with Gasteiger partial charge in [-0.3, -0.25) is 14.4 Å². The van der Waals surface area contributed by atoms with E-state index in [2.05, 4.69) is 28.6 Å². The highest BCUT2D eigenvalue weighted by atomic mass is 32.1. The normalized spacial score (nSPS) is 16.4. The van der Waals surface area contributed by atoms with Gasteiger partial charge in [0.2, 0.25) is 17.7 Å². The van der Waals surface area contributed by atoms with E-state index in [4.69, 9.17) is 10.8 Å². The second kappa shape index (κ2) is 12.6. The Morgan fingerprint density at radius 3 is 1.86 bits per heavy atom.